The topological polar surface area (TPSA) is 56.2 Å². The molecule has 0 N–H and O–H groups in total. The molecule has 0 unspecified atom stereocenters. The van der Waals surface area contributed by atoms with Crippen LogP contribution in [0.5, 0.6) is 0 Å². The van der Waals surface area contributed by atoms with Crippen molar-refractivity contribution in [1.29, 1.82) is 0 Å². The quantitative estimate of drug-likeness (QED) is 0.503. The first-order valence-electron chi connectivity index (χ1n) is 8.62. The van der Waals surface area contributed by atoms with Crippen LogP contribution in [0, 0.1) is 18.2 Å². The van der Waals surface area contributed by atoms with Crippen molar-refractivity contribution in [2.75, 3.05) is 0 Å². The number of hydrogen-bond acceptors (Lipinski definition) is 4. The maximum Gasteiger partial charge on any atom is 0.181 e. The smallest absolute Gasteiger partial charge is 0.181 e. The summed E-state index contributed by atoms with van der Waals surface area (Å²) in [4.78, 5) is 13.2. The van der Waals surface area contributed by atoms with Crippen LogP contribution < -0.4 is 0 Å². The Morgan fingerprint density at radius 3 is 2.82 bits per heavy atom. The van der Waals surface area contributed by atoms with E-state index < -0.39 is 0 Å². The van der Waals surface area contributed by atoms with Crippen molar-refractivity contribution in [3.63, 3.8) is 0 Å². The van der Waals surface area contributed by atoms with Gasteiger partial charge >= 0.3 is 0 Å². The lowest BCUT2D eigenvalue weighted by Gasteiger charge is -2.13. The fourth-order valence-corrected chi connectivity index (χ4v) is 3.42. The zero-order valence-electron chi connectivity index (χ0n) is 14.6. The van der Waals surface area contributed by atoms with E-state index in [4.69, 9.17) is 15.8 Å². The second-order valence-corrected chi connectivity index (χ2v) is 6.30. The molecule has 0 amide bonds. The zero-order valence-corrected chi connectivity index (χ0v) is 14.6. The van der Waals surface area contributed by atoms with Gasteiger partial charge in [-0.25, -0.2) is 14.4 Å². The summed E-state index contributed by atoms with van der Waals surface area (Å²) in [6, 6.07) is 12.2. The van der Waals surface area contributed by atoms with Crippen LogP contribution >= 0.6 is 0 Å². The molecule has 134 valence electrons. The Balaban J connectivity index is 1.78. The number of nitrogens with zero attached hydrogens (tertiary/aromatic N) is 4. The van der Waals surface area contributed by atoms with Crippen molar-refractivity contribution in [3.8, 4) is 29.5 Å². The average molecular weight is 368 g/mol. The first kappa shape index (κ1) is 16.2. The number of aromatic nitrogens is 3. The first-order chi connectivity index (χ1) is 13.8. The van der Waals surface area contributed by atoms with Crippen molar-refractivity contribution >= 4 is 5.71 Å². The summed E-state index contributed by atoms with van der Waals surface area (Å²) in [6.45, 7) is 0.305. The van der Waals surface area contributed by atoms with Gasteiger partial charge in [0.05, 0.1) is 29.8 Å². The molecule has 1 aliphatic heterocycles. The Kier molecular flexibility index (Phi) is 3.66. The van der Waals surface area contributed by atoms with Gasteiger partial charge in [-0.3, -0.25) is 9.56 Å². The molecule has 4 aromatic rings. The van der Waals surface area contributed by atoms with E-state index in [2.05, 4.69) is 15.9 Å². The van der Waals surface area contributed by atoms with E-state index in [-0.39, 0.29) is 5.82 Å². The molecule has 28 heavy (non-hydrogen) atoms. The number of fused-ring (bicyclic) bond motifs is 3. The molecular weight excluding hydrogens is 355 g/mol. The molecule has 5 rings (SSSR count). The maximum atomic E-state index is 14.6. The molecule has 3 heterocycles. The van der Waals surface area contributed by atoms with Gasteiger partial charge in [0.15, 0.2) is 12.2 Å². The highest BCUT2D eigenvalue weighted by atomic mass is 19.1. The number of hydrogen-bond donors (Lipinski definition) is 0. The number of oxazole rings is 1. The molecule has 1 aliphatic rings. The Morgan fingerprint density at radius 2 is 2.04 bits per heavy atom. The lowest BCUT2D eigenvalue weighted by molar-refractivity contribution is 0.569. The molecule has 2 aromatic heterocycles. The molecular formula is C22H13FN4O. The highest BCUT2D eigenvalue weighted by molar-refractivity contribution is 6.15. The van der Waals surface area contributed by atoms with Crippen LogP contribution in [0.2, 0.25) is 0 Å². The van der Waals surface area contributed by atoms with Crippen LogP contribution in [0.25, 0.3) is 17.1 Å². The highest BCUT2D eigenvalue weighted by Gasteiger charge is 2.24. The van der Waals surface area contributed by atoms with Gasteiger partial charge in [0.2, 0.25) is 0 Å². The van der Waals surface area contributed by atoms with Crippen molar-refractivity contribution in [3.05, 3.63) is 89.6 Å². The largest absolute Gasteiger partial charge is 0.442 e. The molecule has 6 heteroatoms. The highest BCUT2D eigenvalue weighted by Crippen LogP contribution is 2.31. The van der Waals surface area contributed by atoms with Crippen molar-refractivity contribution in [2.45, 2.75) is 6.54 Å². The number of imidazole rings is 1. The molecule has 0 saturated carbocycles. The number of aliphatic imine (C=N–C) groups is 1. The standard InChI is InChI=1S/C22H13FN4O/c1-2-14-7-8-18-16(9-14)21(15-5-3-4-6-17(15)23)25-10-19-22(26-12-27(18)19)20-11-24-13-28-20/h1,3-9,11-13H,10H2. The molecule has 0 bridgehead atoms. The summed E-state index contributed by atoms with van der Waals surface area (Å²) in [6.07, 6.45) is 10.3. The normalized spacial score (nSPS) is 12.5. The van der Waals surface area contributed by atoms with E-state index >= 15 is 0 Å². The van der Waals surface area contributed by atoms with Gasteiger partial charge in [-0.2, -0.15) is 0 Å². The third-order valence-corrected chi connectivity index (χ3v) is 4.73. The van der Waals surface area contributed by atoms with Gasteiger partial charge in [0.25, 0.3) is 0 Å². The minimum atomic E-state index is -0.335. The molecule has 0 saturated heterocycles. The lowest BCUT2D eigenvalue weighted by Crippen LogP contribution is -2.09. The summed E-state index contributed by atoms with van der Waals surface area (Å²) in [7, 11) is 0. The van der Waals surface area contributed by atoms with E-state index in [0.717, 1.165) is 16.9 Å². The van der Waals surface area contributed by atoms with Gasteiger partial charge < -0.3 is 4.42 Å². The molecule has 0 radical (unpaired) electrons. The molecule has 0 aliphatic carbocycles. The lowest BCUT2D eigenvalue weighted by atomic mass is 9.98. The van der Waals surface area contributed by atoms with Crippen LogP contribution in [0.15, 0.2) is 70.8 Å². The van der Waals surface area contributed by atoms with Crippen LogP contribution in [-0.4, -0.2) is 20.2 Å². The van der Waals surface area contributed by atoms with E-state index in [0.29, 0.717) is 34.8 Å². The Labute approximate surface area is 160 Å². The number of halogens is 1. The number of terminal acetylenes is 1. The van der Waals surface area contributed by atoms with Crippen molar-refractivity contribution in [2.24, 2.45) is 4.99 Å². The van der Waals surface area contributed by atoms with Crippen molar-refractivity contribution in [1.82, 2.24) is 14.5 Å². The summed E-state index contributed by atoms with van der Waals surface area (Å²) in [5.74, 6) is 2.86. The molecule has 2 aromatic carbocycles. The summed E-state index contributed by atoms with van der Waals surface area (Å²) >= 11 is 0. The summed E-state index contributed by atoms with van der Waals surface area (Å²) in [5.41, 5.74) is 4.74. The maximum absolute atomic E-state index is 14.6. The molecule has 0 atom stereocenters. The van der Waals surface area contributed by atoms with E-state index in [1.165, 1.54) is 12.5 Å². The van der Waals surface area contributed by atoms with Gasteiger partial charge in [-0.15, -0.1) is 6.42 Å². The van der Waals surface area contributed by atoms with Gasteiger partial charge in [0.1, 0.15) is 17.8 Å². The second-order valence-electron chi connectivity index (χ2n) is 6.30. The number of benzene rings is 2. The monoisotopic (exact) mass is 368 g/mol. The average Bonchev–Trinajstić information content (AvgIpc) is 3.36. The number of rotatable bonds is 2. The summed E-state index contributed by atoms with van der Waals surface area (Å²) in [5, 5.41) is 0. The second kappa shape index (κ2) is 6.32. The molecule has 0 spiro atoms. The van der Waals surface area contributed by atoms with E-state index in [1.54, 1.807) is 30.7 Å². The predicted octanol–water partition coefficient (Wildman–Crippen LogP) is 4.00. The van der Waals surface area contributed by atoms with Crippen LogP contribution in [-0.2, 0) is 6.54 Å². The van der Waals surface area contributed by atoms with Gasteiger partial charge in [-0.05, 0) is 30.3 Å². The Morgan fingerprint density at radius 1 is 1.14 bits per heavy atom. The van der Waals surface area contributed by atoms with Gasteiger partial charge in [-0.1, -0.05) is 18.1 Å². The SMILES string of the molecule is C#Cc1ccc2c(c1)C(c1ccccc1F)=NCc1c(-c3cnco3)ncn1-2. The minimum Gasteiger partial charge on any atom is -0.442 e. The minimum absolute atomic E-state index is 0.305. The predicted molar refractivity (Wildman–Crippen MR) is 103 cm³/mol. The van der Waals surface area contributed by atoms with Crippen molar-refractivity contribution < 1.29 is 8.81 Å². The fourth-order valence-electron chi connectivity index (χ4n) is 3.42. The van der Waals surface area contributed by atoms with Crippen LogP contribution in [0.3, 0.4) is 0 Å². The van der Waals surface area contributed by atoms with E-state index in [9.17, 15) is 4.39 Å². The first-order valence-corrected chi connectivity index (χ1v) is 8.62. The zero-order chi connectivity index (χ0) is 19.1. The van der Waals surface area contributed by atoms with E-state index in [1.807, 2.05) is 22.8 Å². The fraction of sp³-hybridized carbons (Fsp3) is 0.0455. The molecule has 0 fully saturated rings. The third-order valence-electron chi connectivity index (χ3n) is 4.73. The van der Waals surface area contributed by atoms with Crippen LogP contribution in [0.1, 0.15) is 22.4 Å². The summed E-state index contributed by atoms with van der Waals surface area (Å²) < 4.78 is 21.9. The Bertz CT molecular complexity index is 1260. The third kappa shape index (κ3) is 2.45. The molecule has 5 nitrogen and oxygen atoms in total. The van der Waals surface area contributed by atoms with Gasteiger partial charge in [0, 0.05) is 16.7 Å². The van der Waals surface area contributed by atoms with Crippen LogP contribution in [0.4, 0.5) is 4.39 Å². The Hall–Kier alpha value is -3.98.